The first-order chi connectivity index (χ1) is 9.85. The molecule has 0 saturated heterocycles. The Morgan fingerprint density at radius 3 is 2.24 bits per heavy atom. The highest BCUT2D eigenvalue weighted by molar-refractivity contribution is 5.84. The van der Waals surface area contributed by atoms with Crippen LogP contribution in [0.15, 0.2) is 0 Å². The monoisotopic (exact) mass is 300 g/mol. The number of carbonyl (C=O) groups excluding carboxylic acids is 1. The number of nitrogens with zero attached hydrogens (tertiary/aromatic N) is 2. The molecule has 0 bridgehead atoms. The van der Waals surface area contributed by atoms with Gasteiger partial charge in [0.25, 0.3) is 0 Å². The number of likely N-dealkylation sites (N-methyl/N-ethyl adjacent to an activating group) is 1. The van der Waals surface area contributed by atoms with E-state index in [0.29, 0.717) is 0 Å². The van der Waals surface area contributed by atoms with Crippen LogP contribution >= 0.6 is 0 Å². The van der Waals surface area contributed by atoms with E-state index in [9.17, 15) is 4.79 Å². The Labute approximate surface area is 131 Å². The lowest BCUT2D eigenvalue weighted by Crippen LogP contribution is -2.53. The van der Waals surface area contributed by atoms with Gasteiger partial charge in [-0.25, -0.2) is 0 Å². The quantitative estimate of drug-likeness (QED) is 0.538. The van der Waals surface area contributed by atoms with Crippen molar-refractivity contribution in [3.63, 3.8) is 0 Å². The minimum atomic E-state index is -0.574. The number of rotatable bonds is 13. The normalized spacial score (nSPS) is 14.6. The molecule has 0 aliphatic heterocycles. The Morgan fingerprint density at radius 2 is 1.76 bits per heavy atom. The lowest BCUT2D eigenvalue weighted by Gasteiger charge is -2.29. The smallest absolute Gasteiger partial charge is 0.237 e. The molecule has 0 aliphatic carbocycles. The third-order valence-corrected chi connectivity index (χ3v) is 3.86. The average molecular weight is 300 g/mol. The van der Waals surface area contributed by atoms with Gasteiger partial charge in [-0.05, 0) is 66.3 Å². The average Bonchev–Trinajstić information content (AvgIpc) is 2.42. The van der Waals surface area contributed by atoms with Crippen LogP contribution in [0.4, 0.5) is 0 Å². The molecule has 3 N–H and O–H groups in total. The zero-order chi connectivity index (χ0) is 16.3. The summed E-state index contributed by atoms with van der Waals surface area (Å²) in [6, 6.07) is 0. The molecule has 126 valence electrons. The molecular weight excluding hydrogens is 264 g/mol. The molecular formula is C16H36N4O. The fourth-order valence-electron chi connectivity index (χ4n) is 2.35. The van der Waals surface area contributed by atoms with Crippen molar-refractivity contribution in [3.05, 3.63) is 0 Å². The lowest BCUT2D eigenvalue weighted by molar-refractivity contribution is -0.124. The molecule has 0 rings (SSSR count). The largest absolute Gasteiger partial charge is 0.368 e. The maximum absolute atomic E-state index is 11.7. The van der Waals surface area contributed by atoms with Crippen LogP contribution in [0.3, 0.4) is 0 Å². The third-order valence-electron chi connectivity index (χ3n) is 3.86. The first-order valence-electron chi connectivity index (χ1n) is 8.27. The standard InChI is InChI=1S/C16H36N4O/c1-6-10-18-16(3,15(17)21)9-8-12-20(11-7-2)14-13-19(4)5/h18H,6-14H2,1-5H3,(H2,17,21). The Morgan fingerprint density at radius 1 is 1.10 bits per heavy atom. The van der Waals surface area contributed by atoms with E-state index in [1.807, 2.05) is 6.92 Å². The van der Waals surface area contributed by atoms with Gasteiger partial charge in [0.15, 0.2) is 0 Å². The maximum atomic E-state index is 11.7. The van der Waals surface area contributed by atoms with Gasteiger partial charge in [0.2, 0.25) is 5.91 Å². The summed E-state index contributed by atoms with van der Waals surface area (Å²) >= 11 is 0. The van der Waals surface area contributed by atoms with Crippen molar-refractivity contribution in [3.8, 4) is 0 Å². The molecule has 0 fully saturated rings. The molecule has 21 heavy (non-hydrogen) atoms. The van der Waals surface area contributed by atoms with Crippen molar-refractivity contribution in [1.82, 2.24) is 15.1 Å². The van der Waals surface area contributed by atoms with Crippen LogP contribution in [0.25, 0.3) is 0 Å². The van der Waals surface area contributed by atoms with Gasteiger partial charge in [-0.2, -0.15) is 0 Å². The molecule has 0 radical (unpaired) electrons. The first-order valence-corrected chi connectivity index (χ1v) is 8.27. The van der Waals surface area contributed by atoms with Gasteiger partial charge in [0.1, 0.15) is 0 Å². The van der Waals surface area contributed by atoms with Gasteiger partial charge in [-0.1, -0.05) is 13.8 Å². The molecule has 0 aromatic carbocycles. The summed E-state index contributed by atoms with van der Waals surface area (Å²) in [4.78, 5) is 16.4. The number of hydrogen-bond donors (Lipinski definition) is 2. The van der Waals surface area contributed by atoms with Gasteiger partial charge >= 0.3 is 0 Å². The SMILES string of the molecule is CCCNC(C)(CCCN(CCC)CCN(C)C)C(N)=O. The van der Waals surface area contributed by atoms with Crippen molar-refractivity contribution in [2.75, 3.05) is 46.8 Å². The van der Waals surface area contributed by atoms with Crippen LogP contribution in [0.5, 0.6) is 0 Å². The van der Waals surface area contributed by atoms with E-state index in [2.05, 4.69) is 43.1 Å². The van der Waals surface area contributed by atoms with Crippen LogP contribution in [0.2, 0.25) is 0 Å². The van der Waals surface area contributed by atoms with E-state index in [-0.39, 0.29) is 5.91 Å². The molecule has 0 aromatic rings. The summed E-state index contributed by atoms with van der Waals surface area (Å²) in [5.74, 6) is -0.244. The van der Waals surface area contributed by atoms with Crippen molar-refractivity contribution >= 4 is 5.91 Å². The molecule has 0 heterocycles. The van der Waals surface area contributed by atoms with Crippen LogP contribution in [-0.4, -0.2) is 68.1 Å². The van der Waals surface area contributed by atoms with E-state index in [1.54, 1.807) is 0 Å². The number of nitrogens with two attached hydrogens (primary N) is 1. The molecule has 0 aliphatic rings. The minimum absolute atomic E-state index is 0.244. The predicted octanol–water partition coefficient (Wildman–Crippen LogP) is 1.28. The van der Waals surface area contributed by atoms with E-state index in [4.69, 9.17) is 5.73 Å². The molecule has 1 amide bonds. The molecule has 5 nitrogen and oxygen atoms in total. The van der Waals surface area contributed by atoms with Crippen LogP contribution in [0.1, 0.15) is 46.5 Å². The van der Waals surface area contributed by atoms with E-state index < -0.39 is 5.54 Å². The fraction of sp³-hybridized carbons (Fsp3) is 0.938. The van der Waals surface area contributed by atoms with Crippen LogP contribution in [0, 0.1) is 0 Å². The topological polar surface area (TPSA) is 61.6 Å². The Bertz CT molecular complexity index is 283. The number of amides is 1. The summed E-state index contributed by atoms with van der Waals surface area (Å²) in [6.45, 7) is 11.4. The fourth-order valence-corrected chi connectivity index (χ4v) is 2.35. The van der Waals surface area contributed by atoms with E-state index in [0.717, 1.165) is 58.4 Å². The van der Waals surface area contributed by atoms with Crippen LogP contribution in [-0.2, 0) is 4.79 Å². The van der Waals surface area contributed by atoms with Crippen molar-refractivity contribution < 1.29 is 4.79 Å². The van der Waals surface area contributed by atoms with Gasteiger partial charge in [-0.3, -0.25) is 4.79 Å². The second-order valence-electron chi connectivity index (χ2n) is 6.37. The number of primary amides is 1. The van der Waals surface area contributed by atoms with E-state index >= 15 is 0 Å². The van der Waals surface area contributed by atoms with Crippen molar-refractivity contribution in [1.29, 1.82) is 0 Å². The van der Waals surface area contributed by atoms with Gasteiger partial charge < -0.3 is 20.9 Å². The van der Waals surface area contributed by atoms with Gasteiger partial charge in [-0.15, -0.1) is 0 Å². The molecule has 5 heteroatoms. The highest BCUT2D eigenvalue weighted by Crippen LogP contribution is 2.13. The number of nitrogens with one attached hydrogen (secondary N) is 1. The third kappa shape index (κ3) is 9.06. The summed E-state index contributed by atoms with van der Waals surface area (Å²) in [5.41, 5.74) is 4.99. The number of carbonyl (C=O) groups is 1. The molecule has 1 atom stereocenters. The number of hydrogen-bond acceptors (Lipinski definition) is 4. The molecule has 0 aromatic heterocycles. The Kier molecular flexibility index (Phi) is 10.6. The second kappa shape index (κ2) is 11.0. The Hall–Kier alpha value is -0.650. The maximum Gasteiger partial charge on any atom is 0.237 e. The van der Waals surface area contributed by atoms with Gasteiger partial charge in [0, 0.05) is 13.1 Å². The summed E-state index contributed by atoms with van der Waals surface area (Å²) in [5, 5.41) is 3.30. The van der Waals surface area contributed by atoms with Crippen molar-refractivity contribution in [2.45, 2.75) is 52.0 Å². The first kappa shape index (κ1) is 20.3. The van der Waals surface area contributed by atoms with Crippen molar-refractivity contribution in [2.24, 2.45) is 5.73 Å². The zero-order valence-electron chi connectivity index (χ0n) is 14.7. The zero-order valence-corrected chi connectivity index (χ0v) is 14.7. The lowest BCUT2D eigenvalue weighted by atomic mass is 9.94. The van der Waals surface area contributed by atoms with Crippen LogP contribution < -0.4 is 11.1 Å². The predicted molar refractivity (Wildman–Crippen MR) is 90.4 cm³/mol. The summed E-state index contributed by atoms with van der Waals surface area (Å²) in [6.07, 6.45) is 3.95. The highest BCUT2D eigenvalue weighted by Gasteiger charge is 2.29. The summed E-state index contributed by atoms with van der Waals surface area (Å²) in [7, 11) is 4.20. The second-order valence-corrected chi connectivity index (χ2v) is 6.37. The molecule has 0 saturated carbocycles. The highest BCUT2D eigenvalue weighted by atomic mass is 16.1. The molecule has 1 unspecified atom stereocenters. The van der Waals surface area contributed by atoms with E-state index in [1.165, 1.54) is 0 Å². The van der Waals surface area contributed by atoms with Gasteiger partial charge in [0.05, 0.1) is 5.54 Å². The molecule has 0 spiro atoms. The minimum Gasteiger partial charge on any atom is -0.368 e. The Balaban J connectivity index is 4.27. The summed E-state index contributed by atoms with van der Waals surface area (Å²) < 4.78 is 0.